The summed E-state index contributed by atoms with van der Waals surface area (Å²) in [6.07, 6.45) is 1.49. The third kappa shape index (κ3) is 4.28. The molecule has 0 saturated carbocycles. The van der Waals surface area contributed by atoms with Crippen LogP contribution in [0.3, 0.4) is 0 Å². The first-order valence-corrected chi connectivity index (χ1v) is 8.89. The van der Waals surface area contributed by atoms with Gasteiger partial charge in [-0.1, -0.05) is 22.0 Å². The van der Waals surface area contributed by atoms with Crippen LogP contribution in [-0.4, -0.2) is 31.5 Å². The lowest BCUT2D eigenvalue weighted by Gasteiger charge is -2.10. The molecular formula is C13H16BrN3O3S. The maximum absolute atomic E-state index is 12.2. The molecular weight excluding hydrogens is 358 g/mol. The predicted octanol–water partition coefficient (Wildman–Crippen LogP) is 1.88. The minimum atomic E-state index is -3.67. The lowest BCUT2D eigenvalue weighted by molar-refractivity contribution is -0.115. The Bertz CT molecular complexity index is 671. The Morgan fingerprint density at radius 1 is 1.43 bits per heavy atom. The van der Waals surface area contributed by atoms with Crippen LogP contribution in [0, 0.1) is 0 Å². The van der Waals surface area contributed by atoms with Crippen LogP contribution >= 0.6 is 15.9 Å². The molecule has 2 rings (SSSR count). The van der Waals surface area contributed by atoms with E-state index < -0.39 is 10.0 Å². The minimum absolute atomic E-state index is 0.0946. The number of aliphatic imine (C=N–C) groups is 1. The first kappa shape index (κ1) is 16.0. The molecule has 0 fully saturated rings. The van der Waals surface area contributed by atoms with Gasteiger partial charge in [0, 0.05) is 18.7 Å². The number of rotatable bonds is 4. The molecule has 0 bridgehead atoms. The highest BCUT2D eigenvalue weighted by molar-refractivity contribution is 9.10. The third-order valence-corrected chi connectivity index (χ3v) is 4.69. The number of nitrogens with zero attached hydrogens (tertiary/aromatic N) is 1. The maximum Gasteiger partial charge on any atom is 0.262 e. The molecule has 114 valence electrons. The topological polar surface area (TPSA) is 87.6 Å². The first-order valence-electron chi connectivity index (χ1n) is 6.49. The van der Waals surface area contributed by atoms with E-state index >= 15 is 0 Å². The zero-order valence-corrected chi connectivity index (χ0v) is 13.9. The van der Waals surface area contributed by atoms with Gasteiger partial charge in [0.25, 0.3) is 10.0 Å². The molecule has 1 aliphatic heterocycles. The summed E-state index contributed by atoms with van der Waals surface area (Å²) < 4.78 is 27.0. The van der Waals surface area contributed by atoms with Gasteiger partial charge in [-0.3, -0.25) is 14.5 Å². The molecule has 1 unspecified atom stereocenters. The molecule has 0 spiro atoms. The van der Waals surface area contributed by atoms with Gasteiger partial charge in [0.1, 0.15) is 5.84 Å². The van der Waals surface area contributed by atoms with Crippen LogP contribution in [0.5, 0.6) is 0 Å². The van der Waals surface area contributed by atoms with Crippen molar-refractivity contribution in [3.63, 3.8) is 0 Å². The SMILES string of the molecule is CC(Br)C(=O)Nc1cccc(S(=O)(=O)NC2=NCCC2)c1. The summed E-state index contributed by atoms with van der Waals surface area (Å²) in [4.78, 5) is 15.4. The molecule has 0 saturated heterocycles. The van der Waals surface area contributed by atoms with Crippen molar-refractivity contribution in [2.75, 3.05) is 11.9 Å². The average Bonchev–Trinajstić information content (AvgIpc) is 2.91. The number of hydrogen-bond donors (Lipinski definition) is 2. The number of alkyl halides is 1. The van der Waals surface area contributed by atoms with E-state index in [1.807, 2.05) is 0 Å². The van der Waals surface area contributed by atoms with Crippen molar-refractivity contribution in [1.29, 1.82) is 0 Å². The Hall–Kier alpha value is -1.41. The monoisotopic (exact) mass is 373 g/mol. The van der Waals surface area contributed by atoms with E-state index in [1.54, 1.807) is 19.1 Å². The van der Waals surface area contributed by atoms with Crippen molar-refractivity contribution in [2.45, 2.75) is 29.5 Å². The van der Waals surface area contributed by atoms with Crippen molar-refractivity contribution in [1.82, 2.24) is 4.72 Å². The summed E-state index contributed by atoms with van der Waals surface area (Å²) in [5.74, 6) is 0.246. The summed E-state index contributed by atoms with van der Waals surface area (Å²) in [6, 6.07) is 6.12. The van der Waals surface area contributed by atoms with Crippen LogP contribution in [0.1, 0.15) is 19.8 Å². The minimum Gasteiger partial charge on any atom is -0.325 e. The second-order valence-corrected chi connectivity index (χ2v) is 7.73. The van der Waals surface area contributed by atoms with E-state index in [0.717, 1.165) is 6.42 Å². The lowest BCUT2D eigenvalue weighted by atomic mass is 10.3. The molecule has 8 heteroatoms. The molecule has 21 heavy (non-hydrogen) atoms. The van der Waals surface area contributed by atoms with Crippen molar-refractivity contribution in [2.24, 2.45) is 4.99 Å². The summed E-state index contributed by atoms with van der Waals surface area (Å²) >= 11 is 3.16. The first-order chi connectivity index (χ1) is 9.88. The van der Waals surface area contributed by atoms with Gasteiger partial charge in [-0.05, 0) is 31.5 Å². The Kier molecular flexibility index (Phi) is 5.00. The summed E-state index contributed by atoms with van der Waals surface area (Å²) in [7, 11) is -3.67. The number of amidine groups is 1. The fourth-order valence-corrected chi connectivity index (χ4v) is 3.07. The summed E-state index contributed by atoms with van der Waals surface area (Å²) in [5, 5.41) is 2.64. The van der Waals surface area contributed by atoms with E-state index in [0.29, 0.717) is 24.5 Å². The Morgan fingerprint density at radius 2 is 2.19 bits per heavy atom. The van der Waals surface area contributed by atoms with Crippen molar-refractivity contribution < 1.29 is 13.2 Å². The molecule has 6 nitrogen and oxygen atoms in total. The van der Waals surface area contributed by atoms with E-state index in [2.05, 4.69) is 31.0 Å². The molecule has 1 atom stereocenters. The fraction of sp³-hybridized carbons (Fsp3) is 0.385. The van der Waals surface area contributed by atoms with Crippen molar-refractivity contribution in [3.05, 3.63) is 24.3 Å². The second-order valence-electron chi connectivity index (χ2n) is 4.67. The zero-order chi connectivity index (χ0) is 15.5. The van der Waals surface area contributed by atoms with Gasteiger partial charge in [0.05, 0.1) is 9.72 Å². The zero-order valence-electron chi connectivity index (χ0n) is 11.5. The Labute approximate surface area is 132 Å². The molecule has 0 aromatic heterocycles. The third-order valence-electron chi connectivity index (χ3n) is 2.90. The van der Waals surface area contributed by atoms with Gasteiger partial charge in [0.2, 0.25) is 5.91 Å². The molecule has 1 aromatic rings. The van der Waals surface area contributed by atoms with Crippen LogP contribution in [0.4, 0.5) is 5.69 Å². The molecule has 0 radical (unpaired) electrons. The lowest BCUT2D eigenvalue weighted by Crippen LogP contribution is -2.29. The molecule has 1 amide bonds. The molecule has 0 aliphatic carbocycles. The molecule has 1 aliphatic rings. The van der Waals surface area contributed by atoms with E-state index in [9.17, 15) is 13.2 Å². The van der Waals surface area contributed by atoms with Crippen LogP contribution in [0.2, 0.25) is 0 Å². The number of nitrogens with one attached hydrogen (secondary N) is 2. The Morgan fingerprint density at radius 3 is 2.81 bits per heavy atom. The number of carbonyl (C=O) groups excluding carboxylic acids is 1. The van der Waals surface area contributed by atoms with Gasteiger partial charge >= 0.3 is 0 Å². The number of carbonyl (C=O) groups is 1. The standard InChI is InChI=1S/C13H16BrN3O3S/c1-9(14)13(18)16-10-4-2-5-11(8-10)21(19,20)17-12-6-3-7-15-12/h2,4-5,8-9H,3,6-7H2,1H3,(H,15,17)(H,16,18). The predicted molar refractivity (Wildman–Crippen MR) is 85.3 cm³/mol. The highest BCUT2D eigenvalue weighted by Crippen LogP contribution is 2.17. The summed E-state index contributed by atoms with van der Waals surface area (Å²) in [6.45, 7) is 2.34. The van der Waals surface area contributed by atoms with E-state index in [4.69, 9.17) is 0 Å². The van der Waals surface area contributed by atoms with Crippen LogP contribution in [0.15, 0.2) is 34.2 Å². The average molecular weight is 374 g/mol. The highest BCUT2D eigenvalue weighted by atomic mass is 79.9. The number of sulfonamides is 1. The summed E-state index contributed by atoms with van der Waals surface area (Å²) in [5.41, 5.74) is 0.433. The van der Waals surface area contributed by atoms with Gasteiger partial charge < -0.3 is 5.32 Å². The quantitative estimate of drug-likeness (QED) is 0.789. The normalized spacial score (nSPS) is 16.2. The number of hydrogen-bond acceptors (Lipinski definition) is 4. The van der Waals surface area contributed by atoms with Gasteiger partial charge in [0.15, 0.2) is 0 Å². The highest BCUT2D eigenvalue weighted by Gasteiger charge is 2.19. The number of amides is 1. The van der Waals surface area contributed by atoms with Crippen LogP contribution in [-0.2, 0) is 14.8 Å². The van der Waals surface area contributed by atoms with E-state index in [1.165, 1.54) is 12.1 Å². The smallest absolute Gasteiger partial charge is 0.262 e. The number of anilines is 1. The van der Waals surface area contributed by atoms with Gasteiger partial charge in [-0.25, -0.2) is 8.42 Å². The molecule has 2 N–H and O–H groups in total. The fourth-order valence-electron chi connectivity index (χ4n) is 1.82. The van der Waals surface area contributed by atoms with Crippen LogP contribution in [0.25, 0.3) is 0 Å². The van der Waals surface area contributed by atoms with Crippen LogP contribution < -0.4 is 10.0 Å². The molecule has 1 heterocycles. The van der Waals surface area contributed by atoms with E-state index in [-0.39, 0.29) is 15.6 Å². The Balaban J connectivity index is 2.17. The number of halogens is 1. The van der Waals surface area contributed by atoms with Gasteiger partial charge in [-0.15, -0.1) is 0 Å². The van der Waals surface area contributed by atoms with Crippen molar-refractivity contribution >= 4 is 43.4 Å². The van der Waals surface area contributed by atoms with Gasteiger partial charge in [-0.2, -0.15) is 0 Å². The number of benzene rings is 1. The largest absolute Gasteiger partial charge is 0.325 e. The van der Waals surface area contributed by atoms with Crippen molar-refractivity contribution in [3.8, 4) is 0 Å². The second kappa shape index (κ2) is 6.57. The maximum atomic E-state index is 12.2. The molecule has 1 aromatic carbocycles.